The molecule has 0 aromatic heterocycles. The van der Waals surface area contributed by atoms with Crippen molar-refractivity contribution in [3.63, 3.8) is 0 Å². The van der Waals surface area contributed by atoms with Gasteiger partial charge in [-0.1, -0.05) is 0 Å². The van der Waals surface area contributed by atoms with Crippen molar-refractivity contribution in [1.82, 2.24) is 0 Å². The van der Waals surface area contributed by atoms with Crippen LogP contribution in [-0.4, -0.2) is 13.1 Å². The zero-order valence-corrected chi connectivity index (χ0v) is 8.87. The lowest BCUT2D eigenvalue weighted by Crippen LogP contribution is -2.29. The standard InChI is InChI=1S/C11H14FN3/c1-8(5-6-13)15(2)11-7-9(12)3-4-10(11)14/h3-4,7-8H,5,14H2,1-2H3. The van der Waals surface area contributed by atoms with Crippen molar-refractivity contribution in [3.8, 4) is 6.07 Å². The summed E-state index contributed by atoms with van der Waals surface area (Å²) in [5.41, 5.74) is 6.87. The van der Waals surface area contributed by atoms with Crippen LogP contribution in [0.15, 0.2) is 18.2 Å². The molecule has 4 heteroatoms. The molecule has 0 amide bonds. The molecule has 0 spiro atoms. The number of nitrogen functional groups attached to an aromatic ring is 1. The van der Waals surface area contributed by atoms with Crippen LogP contribution in [0.3, 0.4) is 0 Å². The molecule has 0 saturated heterocycles. The first-order valence-electron chi connectivity index (χ1n) is 4.71. The van der Waals surface area contributed by atoms with Crippen LogP contribution in [0.2, 0.25) is 0 Å². The summed E-state index contributed by atoms with van der Waals surface area (Å²) in [5.74, 6) is -0.324. The van der Waals surface area contributed by atoms with E-state index in [9.17, 15) is 4.39 Å². The summed E-state index contributed by atoms with van der Waals surface area (Å²) in [5, 5.41) is 8.57. The lowest BCUT2D eigenvalue weighted by Gasteiger charge is -2.26. The van der Waals surface area contributed by atoms with Gasteiger partial charge in [0.2, 0.25) is 0 Å². The first kappa shape index (κ1) is 11.3. The Balaban J connectivity index is 2.95. The van der Waals surface area contributed by atoms with Gasteiger partial charge in [-0.2, -0.15) is 5.26 Å². The molecular formula is C11H14FN3. The van der Waals surface area contributed by atoms with Gasteiger partial charge < -0.3 is 10.6 Å². The average Bonchev–Trinajstić information content (AvgIpc) is 2.21. The maximum absolute atomic E-state index is 13.0. The minimum Gasteiger partial charge on any atom is -0.397 e. The van der Waals surface area contributed by atoms with Crippen molar-refractivity contribution in [3.05, 3.63) is 24.0 Å². The molecule has 1 rings (SSSR count). The molecule has 1 aromatic rings. The van der Waals surface area contributed by atoms with Gasteiger partial charge in [-0.3, -0.25) is 0 Å². The average molecular weight is 207 g/mol. The Kier molecular flexibility index (Phi) is 3.51. The zero-order chi connectivity index (χ0) is 11.4. The highest BCUT2D eigenvalue weighted by Gasteiger charge is 2.12. The third kappa shape index (κ3) is 2.59. The summed E-state index contributed by atoms with van der Waals surface area (Å²) in [4.78, 5) is 1.81. The highest BCUT2D eigenvalue weighted by Crippen LogP contribution is 2.25. The van der Waals surface area contributed by atoms with Crippen LogP contribution in [0.25, 0.3) is 0 Å². The Morgan fingerprint density at radius 3 is 2.87 bits per heavy atom. The molecule has 0 aliphatic carbocycles. The molecule has 0 heterocycles. The number of halogens is 1. The summed E-state index contributed by atoms with van der Waals surface area (Å²) in [6.45, 7) is 1.90. The molecule has 3 nitrogen and oxygen atoms in total. The molecule has 0 radical (unpaired) electrons. The quantitative estimate of drug-likeness (QED) is 0.772. The number of anilines is 2. The Labute approximate surface area is 88.9 Å². The molecule has 0 aliphatic rings. The third-order valence-electron chi connectivity index (χ3n) is 2.42. The number of hydrogen-bond acceptors (Lipinski definition) is 3. The highest BCUT2D eigenvalue weighted by molar-refractivity contribution is 5.67. The van der Waals surface area contributed by atoms with Gasteiger partial charge in [-0.25, -0.2) is 4.39 Å². The minimum absolute atomic E-state index is 0.0131. The molecule has 2 N–H and O–H groups in total. The van der Waals surface area contributed by atoms with Gasteiger partial charge in [0.05, 0.1) is 23.9 Å². The van der Waals surface area contributed by atoms with E-state index in [1.165, 1.54) is 18.2 Å². The van der Waals surface area contributed by atoms with Crippen molar-refractivity contribution in [2.75, 3.05) is 17.7 Å². The normalized spacial score (nSPS) is 11.9. The van der Waals surface area contributed by atoms with E-state index in [0.717, 1.165) is 0 Å². The number of nitrogens with two attached hydrogens (primary N) is 1. The van der Waals surface area contributed by atoms with E-state index in [2.05, 4.69) is 6.07 Å². The topological polar surface area (TPSA) is 53.0 Å². The predicted molar refractivity (Wildman–Crippen MR) is 58.9 cm³/mol. The van der Waals surface area contributed by atoms with Gasteiger partial charge in [-0.05, 0) is 25.1 Å². The van der Waals surface area contributed by atoms with Crippen LogP contribution >= 0.6 is 0 Å². The Morgan fingerprint density at radius 1 is 1.60 bits per heavy atom. The number of benzene rings is 1. The second-order valence-corrected chi connectivity index (χ2v) is 3.53. The molecule has 1 unspecified atom stereocenters. The second kappa shape index (κ2) is 4.65. The van der Waals surface area contributed by atoms with Crippen LogP contribution in [-0.2, 0) is 0 Å². The maximum Gasteiger partial charge on any atom is 0.125 e. The molecule has 0 aliphatic heterocycles. The molecule has 1 aromatic carbocycles. The van der Waals surface area contributed by atoms with Crippen molar-refractivity contribution in [1.29, 1.82) is 5.26 Å². The molecule has 1 atom stereocenters. The third-order valence-corrected chi connectivity index (χ3v) is 2.42. The lowest BCUT2D eigenvalue weighted by molar-refractivity contribution is 0.625. The van der Waals surface area contributed by atoms with E-state index in [1.54, 1.807) is 7.05 Å². The summed E-state index contributed by atoms with van der Waals surface area (Å²) in [6, 6.07) is 6.32. The largest absolute Gasteiger partial charge is 0.397 e. The van der Waals surface area contributed by atoms with E-state index in [4.69, 9.17) is 11.0 Å². The molecule has 0 fully saturated rings. The summed E-state index contributed by atoms with van der Waals surface area (Å²) >= 11 is 0. The fourth-order valence-corrected chi connectivity index (χ4v) is 1.33. The number of nitrogens with zero attached hydrogens (tertiary/aromatic N) is 2. The highest BCUT2D eigenvalue weighted by atomic mass is 19.1. The van der Waals surface area contributed by atoms with E-state index < -0.39 is 0 Å². The fourth-order valence-electron chi connectivity index (χ4n) is 1.33. The number of hydrogen-bond donors (Lipinski definition) is 1. The van der Waals surface area contributed by atoms with Crippen LogP contribution in [0, 0.1) is 17.1 Å². The van der Waals surface area contributed by atoms with E-state index >= 15 is 0 Å². The fraction of sp³-hybridized carbons (Fsp3) is 0.364. The van der Waals surface area contributed by atoms with Crippen molar-refractivity contribution in [2.24, 2.45) is 0 Å². The van der Waals surface area contributed by atoms with Gasteiger partial charge >= 0.3 is 0 Å². The predicted octanol–water partition coefficient (Wildman–Crippen LogP) is 2.15. The van der Waals surface area contributed by atoms with Crippen LogP contribution in [0.5, 0.6) is 0 Å². The van der Waals surface area contributed by atoms with Gasteiger partial charge in [0.15, 0.2) is 0 Å². The Morgan fingerprint density at radius 2 is 2.27 bits per heavy atom. The second-order valence-electron chi connectivity index (χ2n) is 3.53. The molecular weight excluding hydrogens is 193 g/mol. The lowest BCUT2D eigenvalue weighted by atomic mass is 10.2. The van der Waals surface area contributed by atoms with Crippen molar-refractivity contribution < 1.29 is 4.39 Å². The van der Waals surface area contributed by atoms with Crippen molar-refractivity contribution in [2.45, 2.75) is 19.4 Å². The summed E-state index contributed by atoms with van der Waals surface area (Å²) in [7, 11) is 1.80. The Bertz CT molecular complexity index is 384. The number of nitriles is 1. The van der Waals surface area contributed by atoms with Gasteiger partial charge in [-0.15, -0.1) is 0 Å². The van der Waals surface area contributed by atoms with Crippen LogP contribution < -0.4 is 10.6 Å². The minimum atomic E-state index is -0.324. The first-order chi connectivity index (χ1) is 7.06. The smallest absolute Gasteiger partial charge is 0.125 e. The summed E-state index contributed by atoms with van der Waals surface area (Å²) < 4.78 is 13.0. The number of rotatable bonds is 3. The maximum atomic E-state index is 13.0. The summed E-state index contributed by atoms with van der Waals surface area (Å²) in [6.07, 6.45) is 0.381. The Hall–Kier alpha value is -1.76. The van der Waals surface area contributed by atoms with E-state index in [1.807, 2.05) is 11.8 Å². The molecule has 80 valence electrons. The van der Waals surface area contributed by atoms with Crippen LogP contribution in [0.1, 0.15) is 13.3 Å². The first-order valence-corrected chi connectivity index (χ1v) is 4.71. The monoisotopic (exact) mass is 207 g/mol. The SMILES string of the molecule is CC(CC#N)N(C)c1cc(F)ccc1N. The van der Waals surface area contributed by atoms with E-state index in [-0.39, 0.29) is 11.9 Å². The van der Waals surface area contributed by atoms with Gasteiger partial charge in [0.1, 0.15) is 5.82 Å². The molecule has 0 bridgehead atoms. The van der Waals surface area contributed by atoms with Gasteiger partial charge in [0, 0.05) is 13.1 Å². The molecule has 0 saturated carbocycles. The molecule has 15 heavy (non-hydrogen) atoms. The van der Waals surface area contributed by atoms with E-state index in [0.29, 0.717) is 17.8 Å². The zero-order valence-electron chi connectivity index (χ0n) is 8.87. The van der Waals surface area contributed by atoms with Gasteiger partial charge in [0.25, 0.3) is 0 Å². The van der Waals surface area contributed by atoms with Crippen LogP contribution in [0.4, 0.5) is 15.8 Å². The van der Waals surface area contributed by atoms with Crippen molar-refractivity contribution >= 4 is 11.4 Å².